The second-order valence-corrected chi connectivity index (χ2v) is 13.0. The van der Waals surface area contributed by atoms with Crippen molar-refractivity contribution in [3.05, 3.63) is 58.7 Å². The molecule has 5 nitrogen and oxygen atoms in total. The van der Waals surface area contributed by atoms with Crippen LogP contribution < -0.4 is 0 Å². The molecule has 1 aromatic rings. The maximum atomic E-state index is 17.5. The van der Waals surface area contributed by atoms with E-state index in [1.54, 1.807) is 13.0 Å². The Kier molecular flexibility index (Phi) is 6.18. The van der Waals surface area contributed by atoms with Gasteiger partial charge in [-0.05, 0) is 78.9 Å². The second kappa shape index (κ2) is 8.92. The number of aliphatic hydroxyl groups is 1. The minimum atomic E-state index is -2.23. The molecule has 1 N–H and O–H groups in total. The van der Waals surface area contributed by atoms with Gasteiger partial charge in [0, 0.05) is 36.0 Å². The summed E-state index contributed by atoms with van der Waals surface area (Å²) in [7, 11) is 0. The molecule has 0 bridgehead atoms. The number of ether oxygens (including phenoxy) is 1. The lowest BCUT2D eigenvalue weighted by Crippen LogP contribution is -2.69. The highest BCUT2D eigenvalue weighted by molar-refractivity contribution is 6.30. The summed E-state index contributed by atoms with van der Waals surface area (Å²) in [5.41, 5.74) is -4.85. The monoisotopic (exact) mass is 563 g/mol. The number of alkyl halides is 3. The number of fused-ring (bicyclic) bond motifs is 7. The van der Waals surface area contributed by atoms with Gasteiger partial charge in [-0.15, -0.1) is 0 Å². The fraction of sp³-hybridized carbons (Fsp3) is 0.600. The van der Waals surface area contributed by atoms with E-state index in [-0.39, 0.29) is 30.9 Å². The minimum Gasteiger partial charge on any atom is -0.433 e. The second-order valence-electron chi connectivity index (χ2n) is 12.6. The first kappa shape index (κ1) is 27.0. The SMILES string of the molecule is C[C@]12C=CC(=O)C=C1[C@@H](F)C[C@H]1[C@@H]3C[C@H]4CN(Cc5cccc(Cl)c5)C[C@@]4(C(=O)OCF)[C@@]3(C)C[C@H](O)[C@@]12F. The Labute approximate surface area is 231 Å². The first-order valence-corrected chi connectivity index (χ1v) is 13.9. The summed E-state index contributed by atoms with van der Waals surface area (Å²) in [6, 6.07) is 7.43. The number of allylic oxidation sites excluding steroid dienone is 4. The van der Waals surface area contributed by atoms with Crippen molar-refractivity contribution >= 4 is 23.4 Å². The summed E-state index contributed by atoms with van der Waals surface area (Å²) in [5, 5.41) is 12.2. The van der Waals surface area contributed by atoms with E-state index in [0.29, 0.717) is 24.5 Å². The van der Waals surface area contributed by atoms with Crippen molar-refractivity contribution in [3.63, 3.8) is 0 Å². The first-order chi connectivity index (χ1) is 18.4. The van der Waals surface area contributed by atoms with Gasteiger partial charge in [-0.2, -0.15) is 0 Å². The highest BCUT2D eigenvalue weighted by atomic mass is 35.5. The molecule has 4 aliphatic carbocycles. The largest absolute Gasteiger partial charge is 0.433 e. The van der Waals surface area contributed by atoms with Gasteiger partial charge in [0.25, 0.3) is 0 Å². The van der Waals surface area contributed by atoms with Gasteiger partial charge >= 0.3 is 5.97 Å². The number of likely N-dealkylation sites (tertiary alicyclic amines) is 1. The third-order valence-electron chi connectivity index (χ3n) is 11.1. The minimum absolute atomic E-state index is 0.0604. The zero-order chi connectivity index (χ0) is 28.0. The quantitative estimate of drug-likeness (QED) is 0.513. The average molecular weight is 564 g/mol. The average Bonchev–Trinajstić information content (AvgIpc) is 3.35. The number of benzene rings is 1. The third kappa shape index (κ3) is 3.46. The van der Waals surface area contributed by atoms with Crippen LogP contribution in [-0.4, -0.2) is 59.7 Å². The van der Waals surface area contributed by atoms with Gasteiger partial charge in [-0.3, -0.25) is 14.5 Å². The fourth-order valence-corrected chi connectivity index (χ4v) is 9.61. The van der Waals surface area contributed by atoms with E-state index >= 15 is 8.78 Å². The summed E-state index contributed by atoms with van der Waals surface area (Å²) in [4.78, 5) is 27.9. The standard InChI is InChI=1S/C30H33ClF3NO4/c1-27-7-6-20(36)10-23(27)24(33)11-22-21-9-18-14-35(13-17-4-3-5-19(31)8-17)15-29(18,26(38)39-16-32)28(21,2)12-25(37)30(22,27)34/h3-8,10,18,21-22,24-25,37H,9,11-16H2,1-2H3/t18-,21-,22-,24-,25-,27-,28-,29+,30-/m0/s1. The van der Waals surface area contributed by atoms with Crippen LogP contribution >= 0.6 is 11.6 Å². The number of nitrogens with zero attached hydrogens (tertiary/aromatic N) is 1. The Morgan fingerprint density at radius 1 is 1.26 bits per heavy atom. The summed E-state index contributed by atoms with van der Waals surface area (Å²) in [6.45, 7) is 3.41. The van der Waals surface area contributed by atoms with Crippen molar-refractivity contribution in [1.29, 1.82) is 0 Å². The van der Waals surface area contributed by atoms with Gasteiger partial charge in [0.2, 0.25) is 6.86 Å². The number of carbonyl (C=O) groups excluding carboxylic acids is 2. The van der Waals surface area contributed by atoms with E-state index in [0.717, 1.165) is 5.56 Å². The topological polar surface area (TPSA) is 66.8 Å². The summed E-state index contributed by atoms with van der Waals surface area (Å²) < 4.78 is 51.7. The lowest BCUT2D eigenvalue weighted by atomic mass is 9.43. The third-order valence-corrected chi connectivity index (χ3v) is 11.3. The first-order valence-electron chi connectivity index (χ1n) is 13.6. The zero-order valence-corrected chi connectivity index (χ0v) is 22.8. The van der Waals surface area contributed by atoms with Crippen molar-refractivity contribution in [2.75, 3.05) is 20.0 Å². The molecule has 6 rings (SSSR count). The number of esters is 1. The van der Waals surface area contributed by atoms with Crippen molar-refractivity contribution < 1.29 is 32.6 Å². The Bertz CT molecular complexity index is 1290. The van der Waals surface area contributed by atoms with E-state index in [2.05, 4.69) is 4.90 Å². The van der Waals surface area contributed by atoms with Gasteiger partial charge in [-0.1, -0.05) is 36.7 Å². The molecule has 210 valence electrons. The van der Waals surface area contributed by atoms with E-state index < -0.39 is 64.6 Å². The van der Waals surface area contributed by atoms with Crippen molar-refractivity contribution in [3.8, 4) is 0 Å². The Balaban J connectivity index is 1.40. The van der Waals surface area contributed by atoms with Crippen molar-refractivity contribution in [2.24, 2.45) is 34.0 Å². The van der Waals surface area contributed by atoms with Gasteiger partial charge in [0.05, 0.1) is 11.5 Å². The molecular formula is C30H33ClF3NO4. The van der Waals surface area contributed by atoms with Gasteiger partial charge in [0.1, 0.15) is 6.17 Å². The van der Waals surface area contributed by atoms with E-state index in [1.165, 1.54) is 18.2 Å². The van der Waals surface area contributed by atoms with Crippen LogP contribution in [0.1, 0.15) is 38.7 Å². The van der Waals surface area contributed by atoms with E-state index in [1.807, 2.05) is 25.1 Å². The number of carbonyl (C=O) groups is 2. The van der Waals surface area contributed by atoms with Crippen LogP contribution in [0.5, 0.6) is 0 Å². The number of halogens is 4. The van der Waals surface area contributed by atoms with Crippen LogP contribution in [0.25, 0.3) is 0 Å². The molecule has 1 heterocycles. The molecule has 1 aliphatic heterocycles. The molecule has 0 aromatic heterocycles. The summed E-state index contributed by atoms with van der Waals surface area (Å²) in [5.74, 6) is -2.71. The van der Waals surface area contributed by atoms with E-state index in [4.69, 9.17) is 16.3 Å². The molecule has 0 spiro atoms. The molecule has 0 radical (unpaired) electrons. The molecule has 9 heteroatoms. The fourth-order valence-electron chi connectivity index (χ4n) is 9.40. The molecule has 0 amide bonds. The highest BCUT2D eigenvalue weighted by Gasteiger charge is 2.78. The van der Waals surface area contributed by atoms with Gasteiger partial charge in [0.15, 0.2) is 11.5 Å². The number of rotatable bonds is 4. The molecule has 9 atom stereocenters. The van der Waals surface area contributed by atoms with Gasteiger partial charge in [-0.25, -0.2) is 13.2 Å². The predicted octanol–water partition coefficient (Wildman–Crippen LogP) is 5.16. The lowest BCUT2D eigenvalue weighted by Gasteiger charge is -2.63. The van der Waals surface area contributed by atoms with Crippen LogP contribution in [0.3, 0.4) is 0 Å². The molecule has 4 fully saturated rings. The molecule has 0 unspecified atom stereocenters. The Hall–Kier alpha value is -2.16. The van der Waals surface area contributed by atoms with Crippen LogP contribution in [0.4, 0.5) is 13.2 Å². The van der Waals surface area contributed by atoms with E-state index in [9.17, 15) is 19.1 Å². The predicted molar refractivity (Wildman–Crippen MR) is 139 cm³/mol. The van der Waals surface area contributed by atoms with Crippen LogP contribution in [0, 0.1) is 34.0 Å². The molecular weight excluding hydrogens is 531 g/mol. The zero-order valence-electron chi connectivity index (χ0n) is 22.0. The van der Waals surface area contributed by atoms with Crippen molar-refractivity contribution in [2.45, 2.75) is 57.6 Å². The maximum absolute atomic E-state index is 17.5. The molecule has 1 aromatic carbocycles. The van der Waals surface area contributed by atoms with Crippen molar-refractivity contribution in [1.82, 2.24) is 4.90 Å². The molecule has 3 saturated carbocycles. The smallest absolute Gasteiger partial charge is 0.316 e. The number of hydrogen-bond donors (Lipinski definition) is 1. The summed E-state index contributed by atoms with van der Waals surface area (Å²) in [6.07, 6.45) is 0.915. The number of aliphatic hydroxyl groups excluding tert-OH is 1. The lowest BCUT2D eigenvalue weighted by molar-refractivity contribution is -0.218. The number of hydrogen-bond acceptors (Lipinski definition) is 5. The molecule has 39 heavy (non-hydrogen) atoms. The highest BCUT2D eigenvalue weighted by Crippen LogP contribution is 2.74. The van der Waals surface area contributed by atoms with Crippen LogP contribution in [0.15, 0.2) is 48.1 Å². The van der Waals surface area contributed by atoms with Gasteiger partial charge < -0.3 is 9.84 Å². The number of ketones is 1. The van der Waals surface area contributed by atoms with Crippen LogP contribution in [-0.2, 0) is 20.9 Å². The maximum Gasteiger partial charge on any atom is 0.316 e. The Morgan fingerprint density at radius 3 is 2.74 bits per heavy atom. The normalized spacial score (nSPS) is 44.7. The Morgan fingerprint density at radius 2 is 2.03 bits per heavy atom. The summed E-state index contributed by atoms with van der Waals surface area (Å²) >= 11 is 6.18. The molecule has 5 aliphatic rings. The van der Waals surface area contributed by atoms with Crippen LogP contribution in [0.2, 0.25) is 5.02 Å². The molecule has 1 saturated heterocycles.